The molecule has 0 radical (unpaired) electrons. The van der Waals surface area contributed by atoms with Crippen molar-refractivity contribution in [1.29, 1.82) is 0 Å². The van der Waals surface area contributed by atoms with Gasteiger partial charge in [-0.25, -0.2) is 4.39 Å². The largest absolute Gasteiger partial charge is 0.379 e. The molecular formula is C22H29FN3O3+. The molecule has 0 aliphatic carbocycles. The average molecular weight is 402 g/mol. The van der Waals surface area contributed by atoms with E-state index in [1.54, 1.807) is 26.2 Å². The SMILES string of the molecule is COCC[NH+](CC(=O)Nc1ccc(C)c(F)c1)CC(=O)Nc1cccc(C)c1C. The van der Waals surface area contributed by atoms with Gasteiger partial charge >= 0.3 is 0 Å². The molecule has 0 aliphatic rings. The Morgan fingerprint density at radius 3 is 2.34 bits per heavy atom. The number of hydrogen-bond acceptors (Lipinski definition) is 3. The molecular weight excluding hydrogens is 373 g/mol. The van der Waals surface area contributed by atoms with E-state index in [0.717, 1.165) is 21.7 Å². The highest BCUT2D eigenvalue weighted by Gasteiger charge is 2.19. The molecule has 6 nitrogen and oxygen atoms in total. The van der Waals surface area contributed by atoms with Crippen molar-refractivity contribution in [3.05, 3.63) is 58.9 Å². The van der Waals surface area contributed by atoms with Crippen molar-refractivity contribution in [1.82, 2.24) is 0 Å². The van der Waals surface area contributed by atoms with Crippen LogP contribution in [-0.2, 0) is 14.3 Å². The molecule has 2 aromatic rings. The molecule has 3 N–H and O–H groups in total. The predicted octanol–water partition coefficient (Wildman–Crippen LogP) is 1.86. The van der Waals surface area contributed by atoms with Gasteiger partial charge in [0.05, 0.1) is 6.61 Å². The number of carbonyl (C=O) groups is 2. The number of quaternary nitrogens is 1. The predicted molar refractivity (Wildman–Crippen MR) is 112 cm³/mol. The van der Waals surface area contributed by atoms with Crippen LogP contribution in [0.1, 0.15) is 16.7 Å². The maximum absolute atomic E-state index is 13.7. The minimum Gasteiger partial charge on any atom is -0.379 e. The van der Waals surface area contributed by atoms with Crippen molar-refractivity contribution in [3.8, 4) is 0 Å². The zero-order valence-corrected chi connectivity index (χ0v) is 17.4. The highest BCUT2D eigenvalue weighted by Crippen LogP contribution is 2.17. The van der Waals surface area contributed by atoms with Gasteiger partial charge in [-0.2, -0.15) is 0 Å². The molecule has 156 valence electrons. The molecule has 0 fully saturated rings. The van der Waals surface area contributed by atoms with Crippen molar-refractivity contribution in [3.63, 3.8) is 0 Å². The van der Waals surface area contributed by atoms with Crippen LogP contribution in [0.3, 0.4) is 0 Å². The van der Waals surface area contributed by atoms with Gasteiger partial charge in [-0.3, -0.25) is 9.59 Å². The lowest BCUT2D eigenvalue weighted by molar-refractivity contribution is -0.883. The highest BCUT2D eigenvalue weighted by molar-refractivity contribution is 5.93. The van der Waals surface area contributed by atoms with Crippen LogP contribution in [0.2, 0.25) is 0 Å². The van der Waals surface area contributed by atoms with Crippen LogP contribution in [0, 0.1) is 26.6 Å². The van der Waals surface area contributed by atoms with Gasteiger partial charge in [0.1, 0.15) is 12.4 Å². The van der Waals surface area contributed by atoms with E-state index in [0.29, 0.717) is 24.4 Å². The van der Waals surface area contributed by atoms with E-state index in [-0.39, 0.29) is 30.7 Å². The summed E-state index contributed by atoms with van der Waals surface area (Å²) in [5.74, 6) is -0.850. The first kappa shape index (κ1) is 22.5. The number of rotatable bonds is 9. The van der Waals surface area contributed by atoms with Crippen LogP contribution in [0.4, 0.5) is 15.8 Å². The molecule has 7 heteroatoms. The summed E-state index contributed by atoms with van der Waals surface area (Å²) in [5.41, 5.74) is 3.78. The van der Waals surface area contributed by atoms with Crippen LogP contribution in [-0.4, -0.2) is 45.2 Å². The first-order valence-electron chi connectivity index (χ1n) is 9.54. The minimum absolute atomic E-state index is 0.0685. The maximum atomic E-state index is 13.7. The molecule has 0 aliphatic heterocycles. The number of amides is 2. The number of benzene rings is 2. The number of ether oxygens (including phenoxy) is 1. The number of hydrogen-bond donors (Lipinski definition) is 3. The Labute approximate surface area is 171 Å². The van der Waals surface area contributed by atoms with Gasteiger partial charge in [0.2, 0.25) is 0 Å². The van der Waals surface area contributed by atoms with Crippen molar-refractivity contribution in [2.75, 3.05) is 44.0 Å². The Balaban J connectivity index is 1.98. The maximum Gasteiger partial charge on any atom is 0.279 e. The summed E-state index contributed by atoms with van der Waals surface area (Å²) in [4.78, 5) is 25.7. The normalized spacial score (nSPS) is 11.8. The lowest BCUT2D eigenvalue weighted by Crippen LogP contribution is -3.14. The Hall–Kier alpha value is -2.77. The summed E-state index contributed by atoms with van der Waals surface area (Å²) in [5, 5.41) is 5.60. The second-order valence-corrected chi connectivity index (χ2v) is 7.15. The van der Waals surface area contributed by atoms with Crippen molar-refractivity contribution < 1.29 is 23.6 Å². The lowest BCUT2D eigenvalue weighted by atomic mass is 10.1. The number of aryl methyl sites for hydroxylation is 2. The Kier molecular flexibility index (Phi) is 8.30. The van der Waals surface area contributed by atoms with E-state index in [2.05, 4.69) is 10.6 Å². The van der Waals surface area contributed by atoms with Gasteiger partial charge in [0, 0.05) is 18.5 Å². The van der Waals surface area contributed by atoms with Crippen LogP contribution in [0.5, 0.6) is 0 Å². The summed E-state index contributed by atoms with van der Waals surface area (Å²) in [6.45, 7) is 6.69. The Bertz CT molecular complexity index is 870. The summed E-state index contributed by atoms with van der Waals surface area (Å²) < 4.78 is 18.8. The van der Waals surface area contributed by atoms with Gasteiger partial charge < -0.3 is 20.3 Å². The Morgan fingerprint density at radius 1 is 1.00 bits per heavy atom. The summed E-state index contributed by atoms with van der Waals surface area (Å²) in [6, 6.07) is 10.3. The number of nitrogens with one attached hydrogen (secondary N) is 3. The molecule has 0 spiro atoms. The number of halogens is 1. The second kappa shape index (κ2) is 10.7. The van der Waals surface area contributed by atoms with Crippen molar-refractivity contribution >= 4 is 23.2 Å². The molecule has 0 saturated heterocycles. The highest BCUT2D eigenvalue weighted by atomic mass is 19.1. The summed E-state index contributed by atoms with van der Waals surface area (Å²) in [7, 11) is 1.57. The molecule has 0 heterocycles. The summed E-state index contributed by atoms with van der Waals surface area (Å²) in [6.07, 6.45) is 0. The fraction of sp³-hybridized carbons (Fsp3) is 0.364. The zero-order chi connectivity index (χ0) is 21.4. The number of carbonyl (C=O) groups excluding carboxylic acids is 2. The Morgan fingerprint density at radius 2 is 1.69 bits per heavy atom. The van der Waals surface area contributed by atoms with Gasteiger partial charge in [0.25, 0.3) is 11.8 Å². The second-order valence-electron chi connectivity index (χ2n) is 7.15. The molecule has 0 aromatic heterocycles. The van der Waals surface area contributed by atoms with Crippen LogP contribution in [0.25, 0.3) is 0 Å². The monoisotopic (exact) mass is 402 g/mol. The minimum atomic E-state index is -0.376. The quantitative estimate of drug-likeness (QED) is 0.600. The van der Waals surface area contributed by atoms with Crippen LogP contribution in [0.15, 0.2) is 36.4 Å². The van der Waals surface area contributed by atoms with Gasteiger partial charge in [-0.1, -0.05) is 18.2 Å². The first-order valence-corrected chi connectivity index (χ1v) is 9.54. The van der Waals surface area contributed by atoms with E-state index in [4.69, 9.17) is 4.74 Å². The number of anilines is 2. The van der Waals surface area contributed by atoms with E-state index in [9.17, 15) is 14.0 Å². The third-order valence-corrected chi connectivity index (χ3v) is 4.82. The van der Waals surface area contributed by atoms with E-state index < -0.39 is 0 Å². The third-order valence-electron chi connectivity index (χ3n) is 4.82. The lowest BCUT2D eigenvalue weighted by Gasteiger charge is -2.19. The molecule has 1 atom stereocenters. The molecule has 29 heavy (non-hydrogen) atoms. The van der Waals surface area contributed by atoms with Crippen molar-refractivity contribution in [2.24, 2.45) is 0 Å². The van der Waals surface area contributed by atoms with E-state index in [1.807, 2.05) is 32.0 Å². The molecule has 0 saturated carbocycles. The zero-order valence-electron chi connectivity index (χ0n) is 17.4. The molecule has 1 unspecified atom stereocenters. The van der Waals surface area contributed by atoms with Gasteiger partial charge in [-0.15, -0.1) is 0 Å². The van der Waals surface area contributed by atoms with Crippen LogP contribution >= 0.6 is 0 Å². The van der Waals surface area contributed by atoms with Crippen LogP contribution < -0.4 is 15.5 Å². The first-order chi connectivity index (χ1) is 13.8. The standard InChI is InChI=1S/C22H28FN3O3/c1-15-6-5-7-20(17(15)3)25-22(28)14-26(10-11-29-4)13-21(27)24-18-9-8-16(2)19(23)12-18/h5-9,12H,10-11,13-14H2,1-4H3,(H,24,27)(H,25,28)/p+1. The van der Waals surface area contributed by atoms with E-state index >= 15 is 0 Å². The molecule has 2 aromatic carbocycles. The molecule has 2 amide bonds. The smallest absolute Gasteiger partial charge is 0.279 e. The molecule has 2 rings (SSSR count). The summed E-state index contributed by atoms with van der Waals surface area (Å²) >= 11 is 0. The molecule has 0 bridgehead atoms. The fourth-order valence-electron chi connectivity index (χ4n) is 2.90. The van der Waals surface area contributed by atoms with Gasteiger partial charge in [0.15, 0.2) is 13.1 Å². The topological polar surface area (TPSA) is 71.9 Å². The fourth-order valence-corrected chi connectivity index (χ4v) is 2.90. The van der Waals surface area contributed by atoms with Gasteiger partial charge in [-0.05, 0) is 55.7 Å². The third kappa shape index (κ3) is 6.96. The van der Waals surface area contributed by atoms with E-state index in [1.165, 1.54) is 6.07 Å². The van der Waals surface area contributed by atoms with Crippen molar-refractivity contribution in [2.45, 2.75) is 20.8 Å². The number of methoxy groups -OCH3 is 1. The average Bonchev–Trinajstić information content (AvgIpc) is 2.66.